The second-order valence-corrected chi connectivity index (χ2v) is 9.66. The molecule has 2 aliphatic heterocycles. The number of para-hydroxylation sites is 1. The zero-order valence-corrected chi connectivity index (χ0v) is 17.1. The van der Waals surface area contributed by atoms with Gasteiger partial charge in [0.25, 0.3) is 0 Å². The molecule has 0 aromatic heterocycles. The monoisotopic (exact) mass is 395 g/mol. The molecule has 1 aromatic rings. The maximum absolute atomic E-state index is 13.1. The van der Waals surface area contributed by atoms with E-state index in [-0.39, 0.29) is 22.4 Å². The van der Waals surface area contributed by atoms with Gasteiger partial charge in [0.05, 0.1) is 6.61 Å². The third-order valence-corrected chi connectivity index (χ3v) is 7.35. The highest BCUT2D eigenvalue weighted by atomic mass is 32.2. The van der Waals surface area contributed by atoms with Crippen LogP contribution in [0.2, 0.25) is 0 Å². The Balaban J connectivity index is 1.82. The summed E-state index contributed by atoms with van der Waals surface area (Å²) in [6, 6.07) is 6.86. The molecule has 0 atom stereocenters. The Hall–Kier alpha value is -1.80. The lowest BCUT2D eigenvalue weighted by atomic mass is 9.79. The Bertz CT molecular complexity index is 786. The van der Waals surface area contributed by atoms with Gasteiger partial charge in [-0.05, 0) is 38.8 Å². The maximum atomic E-state index is 13.1. The van der Waals surface area contributed by atoms with E-state index in [1.165, 1.54) is 0 Å². The molecule has 1 fully saturated rings. The summed E-state index contributed by atoms with van der Waals surface area (Å²) in [5, 5.41) is 2.92. The minimum atomic E-state index is -3.60. The molecule has 7 nitrogen and oxygen atoms in total. The predicted molar refractivity (Wildman–Crippen MR) is 103 cm³/mol. The highest BCUT2D eigenvalue weighted by Crippen LogP contribution is 2.39. The van der Waals surface area contributed by atoms with E-state index >= 15 is 0 Å². The van der Waals surface area contributed by atoms with Crippen molar-refractivity contribution in [2.45, 2.75) is 44.6 Å². The van der Waals surface area contributed by atoms with Crippen molar-refractivity contribution in [1.82, 2.24) is 14.5 Å². The summed E-state index contributed by atoms with van der Waals surface area (Å²) >= 11 is 0. The van der Waals surface area contributed by atoms with Crippen LogP contribution in [0, 0.1) is 5.41 Å². The molecule has 1 spiro atoms. The first-order valence-electron chi connectivity index (χ1n) is 9.55. The maximum Gasteiger partial charge on any atom is 0.317 e. The number of sulfonamides is 1. The molecular formula is C19H29N3O4S. The second-order valence-electron chi connectivity index (χ2n) is 7.76. The quantitative estimate of drug-likeness (QED) is 0.833. The predicted octanol–water partition coefficient (Wildman–Crippen LogP) is 2.29. The van der Waals surface area contributed by atoms with E-state index in [1.807, 2.05) is 25.7 Å². The van der Waals surface area contributed by atoms with Crippen LogP contribution in [0.4, 0.5) is 4.79 Å². The average molecular weight is 396 g/mol. The summed E-state index contributed by atoms with van der Waals surface area (Å²) in [6.45, 7) is 8.22. The van der Waals surface area contributed by atoms with Crippen LogP contribution in [0.3, 0.4) is 0 Å². The van der Waals surface area contributed by atoms with Gasteiger partial charge in [0.1, 0.15) is 10.6 Å². The van der Waals surface area contributed by atoms with E-state index in [9.17, 15) is 13.2 Å². The normalized spacial score (nSPS) is 21.9. The summed E-state index contributed by atoms with van der Waals surface area (Å²) in [5.41, 5.74) is -0.286. The first kappa shape index (κ1) is 19.9. The summed E-state index contributed by atoms with van der Waals surface area (Å²) in [6.07, 6.45) is 1.43. The topological polar surface area (TPSA) is 79.0 Å². The number of carbonyl (C=O) groups is 1. The Morgan fingerprint density at radius 1 is 1.26 bits per heavy atom. The van der Waals surface area contributed by atoms with Gasteiger partial charge in [-0.2, -0.15) is 4.31 Å². The van der Waals surface area contributed by atoms with E-state index in [2.05, 4.69) is 5.32 Å². The zero-order chi connectivity index (χ0) is 19.7. The van der Waals surface area contributed by atoms with E-state index in [4.69, 9.17) is 4.74 Å². The van der Waals surface area contributed by atoms with Gasteiger partial charge in [0.15, 0.2) is 0 Å². The number of amides is 2. The third-order valence-electron chi connectivity index (χ3n) is 5.39. The molecule has 150 valence electrons. The van der Waals surface area contributed by atoms with E-state index in [0.717, 1.165) is 0 Å². The highest BCUT2D eigenvalue weighted by molar-refractivity contribution is 7.89. The lowest BCUT2D eigenvalue weighted by Crippen LogP contribution is -2.54. The Kier molecular flexibility index (Phi) is 5.67. The number of nitrogens with one attached hydrogen (secondary N) is 1. The number of nitrogens with zero attached hydrogens (tertiary/aromatic N) is 2. The van der Waals surface area contributed by atoms with Crippen molar-refractivity contribution in [3.8, 4) is 5.75 Å². The van der Waals surface area contributed by atoms with Crippen molar-refractivity contribution in [2.75, 3.05) is 32.8 Å². The number of hydrogen-bond donors (Lipinski definition) is 1. The van der Waals surface area contributed by atoms with Crippen LogP contribution < -0.4 is 10.1 Å². The number of hydrogen-bond acceptors (Lipinski definition) is 4. The minimum absolute atomic E-state index is 0.0584. The molecule has 2 amide bonds. The molecule has 1 N–H and O–H groups in total. The van der Waals surface area contributed by atoms with E-state index < -0.39 is 10.0 Å². The molecule has 0 radical (unpaired) electrons. The average Bonchev–Trinajstić information content (AvgIpc) is 2.64. The smallest absolute Gasteiger partial charge is 0.317 e. The first-order chi connectivity index (χ1) is 12.8. The van der Waals surface area contributed by atoms with E-state index in [1.54, 1.807) is 28.6 Å². The van der Waals surface area contributed by atoms with Gasteiger partial charge in [0, 0.05) is 37.6 Å². The van der Waals surface area contributed by atoms with Gasteiger partial charge >= 0.3 is 6.03 Å². The number of fused-ring (bicyclic) bond motifs is 1. The van der Waals surface area contributed by atoms with Gasteiger partial charge < -0.3 is 15.0 Å². The molecule has 2 heterocycles. The fourth-order valence-corrected chi connectivity index (χ4v) is 5.46. The Labute approximate surface area is 161 Å². The fraction of sp³-hybridized carbons (Fsp3) is 0.632. The number of carbonyl (C=O) groups excluding carboxylic acids is 1. The van der Waals surface area contributed by atoms with Crippen molar-refractivity contribution in [2.24, 2.45) is 5.41 Å². The molecule has 3 rings (SSSR count). The lowest BCUT2D eigenvalue weighted by molar-refractivity contribution is 0.0460. The molecule has 27 heavy (non-hydrogen) atoms. The van der Waals surface area contributed by atoms with Crippen LogP contribution >= 0.6 is 0 Å². The molecule has 1 aromatic carbocycles. The van der Waals surface area contributed by atoms with Crippen LogP contribution in [0.5, 0.6) is 5.75 Å². The van der Waals surface area contributed by atoms with Gasteiger partial charge in [-0.3, -0.25) is 0 Å². The van der Waals surface area contributed by atoms with Gasteiger partial charge in [0.2, 0.25) is 10.0 Å². The number of benzene rings is 1. The molecule has 0 bridgehead atoms. The van der Waals surface area contributed by atoms with Gasteiger partial charge in [-0.25, -0.2) is 13.2 Å². The van der Waals surface area contributed by atoms with Crippen LogP contribution in [0.15, 0.2) is 29.2 Å². The van der Waals surface area contributed by atoms with Crippen LogP contribution in [-0.4, -0.2) is 62.5 Å². The summed E-state index contributed by atoms with van der Waals surface area (Å²) in [4.78, 5) is 14.3. The van der Waals surface area contributed by atoms with Crippen molar-refractivity contribution < 1.29 is 17.9 Å². The minimum Gasteiger partial charge on any atom is -0.492 e. The molecule has 0 aliphatic carbocycles. The fourth-order valence-electron chi connectivity index (χ4n) is 3.76. The number of rotatable bonds is 2. The van der Waals surface area contributed by atoms with E-state index in [0.29, 0.717) is 51.4 Å². The van der Waals surface area contributed by atoms with Crippen molar-refractivity contribution in [3.05, 3.63) is 24.3 Å². The third kappa shape index (κ3) is 4.06. The van der Waals surface area contributed by atoms with Crippen LogP contribution in [0.25, 0.3) is 0 Å². The van der Waals surface area contributed by atoms with Crippen molar-refractivity contribution in [3.63, 3.8) is 0 Å². The summed E-state index contributed by atoms with van der Waals surface area (Å²) in [7, 11) is -3.60. The standard InChI is InChI=1S/C19H29N3O4S/c1-4-22-13-19(9-11-21(12-10-19)18(23)20-15(2)3)14-26-16-7-5-6-8-17(16)27(22,24)25/h5-8,15H,4,9-14H2,1-3H3,(H,20,23). The van der Waals surface area contributed by atoms with Crippen molar-refractivity contribution in [1.29, 1.82) is 0 Å². The molecule has 0 saturated carbocycles. The number of likely N-dealkylation sites (tertiary alicyclic amines) is 1. The largest absolute Gasteiger partial charge is 0.492 e. The Morgan fingerprint density at radius 2 is 1.93 bits per heavy atom. The van der Waals surface area contributed by atoms with Crippen LogP contribution in [-0.2, 0) is 10.0 Å². The molecule has 8 heteroatoms. The lowest BCUT2D eigenvalue weighted by Gasteiger charge is -2.44. The number of urea groups is 1. The Morgan fingerprint density at radius 3 is 2.56 bits per heavy atom. The van der Waals surface area contributed by atoms with Gasteiger partial charge in [-0.1, -0.05) is 19.1 Å². The highest BCUT2D eigenvalue weighted by Gasteiger charge is 2.43. The van der Waals surface area contributed by atoms with Crippen LogP contribution in [0.1, 0.15) is 33.6 Å². The van der Waals surface area contributed by atoms with Gasteiger partial charge in [-0.15, -0.1) is 0 Å². The number of piperidine rings is 1. The SMILES string of the molecule is CCN1CC2(CCN(C(=O)NC(C)C)CC2)COc2ccccc2S1(=O)=O. The molecule has 0 unspecified atom stereocenters. The van der Waals surface area contributed by atoms with Crippen molar-refractivity contribution >= 4 is 16.1 Å². The second kappa shape index (κ2) is 7.67. The summed E-state index contributed by atoms with van der Waals surface area (Å²) in [5.74, 6) is 0.412. The molecular weight excluding hydrogens is 366 g/mol. The first-order valence-corrected chi connectivity index (χ1v) is 11.0. The molecule has 1 saturated heterocycles. The number of ether oxygens (including phenoxy) is 1. The molecule has 2 aliphatic rings. The zero-order valence-electron chi connectivity index (χ0n) is 16.3. The summed E-state index contributed by atoms with van der Waals surface area (Å²) < 4.78 is 33.7.